The SMILES string of the molecule is CC(NC(=O)c1cc(Br)c[nH]1)(C(=O)O)C1CC1. The van der Waals surface area contributed by atoms with Crippen LogP contribution in [0.25, 0.3) is 0 Å². The van der Waals surface area contributed by atoms with E-state index in [1.807, 2.05) is 0 Å². The minimum atomic E-state index is -1.17. The summed E-state index contributed by atoms with van der Waals surface area (Å²) in [6.07, 6.45) is 3.32. The van der Waals surface area contributed by atoms with Crippen LogP contribution in [0.4, 0.5) is 0 Å². The van der Waals surface area contributed by atoms with Crippen molar-refractivity contribution in [3.63, 3.8) is 0 Å². The van der Waals surface area contributed by atoms with Gasteiger partial charge in [0.25, 0.3) is 5.91 Å². The Kier molecular flexibility index (Phi) is 2.99. The summed E-state index contributed by atoms with van der Waals surface area (Å²) < 4.78 is 0.756. The molecule has 0 aliphatic heterocycles. The van der Waals surface area contributed by atoms with E-state index in [0.717, 1.165) is 17.3 Å². The maximum atomic E-state index is 11.9. The topological polar surface area (TPSA) is 82.2 Å². The first-order valence-corrected chi connectivity index (χ1v) is 6.12. The van der Waals surface area contributed by atoms with Crippen molar-refractivity contribution in [3.8, 4) is 0 Å². The molecule has 1 fully saturated rings. The normalized spacial score (nSPS) is 18.5. The van der Waals surface area contributed by atoms with Crippen molar-refractivity contribution in [1.82, 2.24) is 10.3 Å². The minimum absolute atomic E-state index is 0.0300. The molecule has 1 aromatic heterocycles. The summed E-state index contributed by atoms with van der Waals surface area (Å²) in [7, 11) is 0. The molecule has 92 valence electrons. The lowest BCUT2D eigenvalue weighted by Crippen LogP contribution is -2.54. The second kappa shape index (κ2) is 4.18. The molecule has 0 radical (unpaired) electrons. The number of hydrogen-bond donors (Lipinski definition) is 3. The largest absolute Gasteiger partial charge is 0.480 e. The molecule has 1 aliphatic rings. The molecule has 1 unspecified atom stereocenters. The number of aliphatic carboxylic acids is 1. The standard InChI is InChI=1S/C11H13BrN2O3/c1-11(10(16)17,6-2-3-6)14-9(15)8-4-7(12)5-13-8/h4-6,13H,2-3H2,1H3,(H,14,15)(H,16,17). The fourth-order valence-corrected chi connectivity index (χ4v) is 2.14. The fourth-order valence-electron chi connectivity index (χ4n) is 1.79. The van der Waals surface area contributed by atoms with E-state index < -0.39 is 17.4 Å². The molecule has 1 heterocycles. The molecular formula is C11H13BrN2O3. The van der Waals surface area contributed by atoms with E-state index in [4.69, 9.17) is 0 Å². The van der Waals surface area contributed by atoms with Gasteiger partial charge in [0.2, 0.25) is 0 Å². The zero-order valence-electron chi connectivity index (χ0n) is 9.29. The Balaban J connectivity index is 2.14. The number of aromatic amines is 1. The van der Waals surface area contributed by atoms with Crippen molar-refractivity contribution in [1.29, 1.82) is 0 Å². The zero-order valence-corrected chi connectivity index (χ0v) is 10.9. The number of carboxylic acids is 1. The van der Waals surface area contributed by atoms with Gasteiger partial charge in [0, 0.05) is 10.7 Å². The lowest BCUT2D eigenvalue weighted by molar-refractivity contribution is -0.144. The molecule has 0 aromatic carbocycles. The van der Waals surface area contributed by atoms with Crippen molar-refractivity contribution in [2.45, 2.75) is 25.3 Å². The summed E-state index contributed by atoms with van der Waals surface area (Å²) in [6, 6.07) is 1.62. The first kappa shape index (κ1) is 12.2. The Labute approximate surface area is 107 Å². The third-order valence-corrected chi connectivity index (χ3v) is 3.56. The van der Waals surface area contributed by atoms with Gasteiger partial charge in [0.15, 0.2) is 0 Å². The molecule has 1 saturated carbocycles. The molecule has 1 atom stereocenters. The third-order valence-electron chi connectivity index (χ3n) is 3.10. The van der Waals surface area contributed by atoms with Crippen molar-refractivity contribution >= 4 is 27.8 Å². The second-order valence-corrected chi connectivity index (χ2v) is 5.38. The molecule has 2 rings (SSSR count). The molecule has 1 amide bonds. The predicted octanol–water partition coefficient (Wildman–Crippen LogP) is 1.76. The van der Waals surface area contributed by atoms with E-state index in [1.54, 1.807) is 19.2 Å². The monoisotopic (exact) mass is 300 g/mol. The molecule has 5 nitrogen and oxygen atoms in total. The number of carbonyl (C=O) groups excluding carboxylic acids is 1. The van der Waals surface area contributed by atoms with E-state index in [1.165, 1.54) is 0 Å². The highest BCUT2D eigenvalue weighted by atomic mass is 79.9. The minimum Gasteiger partial charge on any atom is -0.480 e. The Morgan fingerprint density at radius 3 is 2.65 bits per heavy atom. The summed E-state index contributed by atoms with van der Waals surface area (Å²) in [6.45, 7) is 1.56. The third kappa shape index (κ3) is 2.36. The van der Waals surface area contributed by atoms with Gasteiger partial charge in [-0.05, 0) is 47.7 Å². The predicted molar refractivity (Wildman–Crippen MR) is 64.7 cm³/mol. The molecule has 0 bridgehead atoms. The van der Waals surface area contributed by atoms with Crippen LogP contribution >= 0.6 is 15.9 Å². The van der Waals surface area contributed by atoms with Gasteiger partial charge in [-0.15, -0.1) is 0 Å². The van der Waals surface area contributed by atoms with Crippen LogP contribution < -0.4 is 5.32 Å². The average Bonchev–Trinajstić information content (AvgIpc) is 3.01. The van der Waals surface area contributed by atoms with Gasteiger partial charge >= 0.3 is 5.97 Å². The van der Waals surface area contributed by atoms with E-state index in [9.17, 15) is 14.7 Å². The maximum Gasteiger partial charge on any atom is 0.329 e. The number of hydrogen-bond acceptors (Lipinski definition) is 2. The van der Waals surface area contributed by atoms with Gasteiger partial charge in [-0.2, -0.15) is 0 Å². The van der Waals surface area contributed by atoms with Crippen LogP contribution in [0, 0.1) is 5.92 Å². The molecule has 0 saturated heterocycles. The Morgan fingerprint density at radius 2 is 2.24 bits per heavy atom. The Hall–Kier alpha value is -1.30. The maximum absolute atomic E-state index is 11.9. The lowest BCUT2D eigenvalue weighted by Gasteiger charge is -2.25. The molecule has 17 heavy (non-hydrogen) atoms. The van der Waals surface area contributed by atoms with Crippen LogP contribution in [-0.2, 0) is 4.79 Å². The highest BCUT2D eigenvalue weighted by molar-refractivity contribution is 9.10. The first-order valence-electron chi connectivity index (χ1n) is 5.33. The van der Waals surface area contributed by atoms with Crippen molar-refractivity contribution < 1.29 is 14.7 Å². The van der Waals surface area contributed by atoms with Gasteiger partial charge in [-0.3, -0.25) is 4.79 Å². The number of carbonyl (C=O) groups is 2. The quantitative estimate of drug-likeness (QED) is 0.792. The number of rotatable bonds is 4. The lowest BCUT2D eigenvalue weighted by atomic mass is 9.96. The first-order chi connectivity index (χ1) is 7.93. The van der Waals surface area contributed by atoms with E-state index in [0.29, 0.717) is 5.69 Å². The summed E-state index contributed by atoms with van der Waals surface area (Å²) in [4.78, 5) is 25.9. The van der Waals surface area contributed by atoms with Crippen molar-refractivity contribution in [2.24, 2.45) is 5.92 Å². The number of H-pyrrole nitrogens is 1. The number of carboxylic acid groups (broad SMARTS) is 1. The highest BCUT2D eigenvalue weighted by Gasteiger charge is 2.48. The second-order valence-electron chi connectivity index (χ2n) is 4.47. The van der Waals surface area contributed by atoms with Gasteiger partial charge in [0.05, 0.1) is 0 Å². The Morgan fingerprint density at radius 1 is 1.59 bits per heavy atom. The van der Waals surface area contributed by atoms with E-state index >= 15 is 0 Å². The summed E-state index contributed by atoms with van der Waals surface area (Å²) in [5.41, 5.74) is -0.820. The van der Waals surface area contributed by atoms with Gasteiger partial charge in [0.1, 0.15) is 11.2 Å². The summed E-state index contributed by atoms with van der Waals surface area (Å²) in [5, 5.41) is 11.8. The molecule has 1 aliphatic carbocycles. The van der Waals surface area contributed by atoms with Crippen LogP contribution in [-0.4, -0.2) is 27.5 Å². The van der Waals surface area contributed by atoms with Crippen molar-refractivity contribution in [3.05, 3.63) is 22.4 Å². The van der Waals surface area contributed by atoms with Crippen molar-refractivity contribution in [2.75, 3.05) is 0 Å². The molecular weight excluding hydrogens is 288 g/mol. The van der Waals surface area contributed by atoms with E-state index in [2.05, 4.69) is 26.2 Å². The summed E-state index contributed by atoms with van der Waals surface area (Å²) >= 11 is 3.22. The van der Waals surface area contributed by atoms with Crippen LogP contribution in [0.2, 0.25) is 0 Å². The fraction of sp³-hybridized carbons (Fsp3) is 0.455. The van der Waals surface area contributed by atoms with Gasteiger partial charge < -0.3 is 15.4 Å². The molecule has 1 aromatic rings. The molecule has 6 heteroatoms. The number of halogens is 1. The van der Waals surface area contributed by atoms with Gasteiger partial charge in [-0.25, -0.2) is 4.79 Å². The van der Waals surface area contributed by atoms with Crippen LogP contribution in [0.1, 0.15) is 30.3 Å². The smallest absolute Gasteiger partial charge is 0.329 e. The molecule has 0 spiro atoms. The average molecular weight is 301 g/mol. The number of aromatic nitrogens is 1. The van der Waals surface area contributed by atoms with Crippen LogP contribution in [0.3, 0.4) is 0 Å². The summed E-state index contributed by atoms with van der Waals surface area (Å²) in [5.74, 6) is -1.35. The number of nitrogens with one attached hydrogen (secondary N) is 2. The zero-order chi connectivity index (χ0) is 12.6. The van der Waals surface area contributed by atoms with Gasteiger partial charge in [-0.1, -0.05) is 0 Å². The highest BCUT2D eigenvalue weighted by Crippen LogP contribution is 2.39. The molecule has 3 N–H and O–H groups in total. The Bertz CT molecular complexity index is 467. The van der Waals surface area contributed by atoms with Crippen LogP contribution in [0.15, 0.2) is 16.7 Å². The van der Waals surface area contributed by atoms with Crippen LogP contribution in [0.5, 0.6) is 0 Å². The number of amides is 1. The van der Waals surface area contributed by atoms with E-state index in [-0.39, 0.29) is 5.92 Å².